The fourth-order valence-corrected chi connectivity index (χ4v) is 1.96. The molecule has 1 unspecified atom stereocenters. The molecule has 2 rings (SSSR count). The van der Waals surface area contributed by atoms with Crippen molar-refractivity contribution in [3.63, 3.8) is 0 Å². The van der Waals surface area contributed by atoms with Crippen LogP contribution in [0.2, 0.25) is 0 Å². The lowest BCUT2D eigenvalue weighted by Gasteiger charge is -2.16. The third-order valence-corrected chi connectivity index (χ3v) is 3.10. The lowest BCUT2D eigenvalue weighted by molar-refractivity contribution is 0.409. The monoisotopic (exact) mass is 298 g/mol. The minimum Gasteiger partial charge on any atom is -0.378 e. The Morgan fingerprint density at radius 1 is 1.00 bits per heavy atom. The molecule has 0 amide bonds. The normalized spacial score (nSPS) is 12.2. The fourth-order valence-electron chi connectivity index (χ4n) is 1.96. The van der Waals surface area contributed by atoms with Gasteiger partial charge in [-0.2, -0.15) is 22.5 Å². The van der Waals surface area contributed by atoms with Crippen LogP contribution in [0.4, 0.5) is 23.2 Å². The number of rotatable bonds is 5. The van der Waals surface area contributed by atoms with Gasteiger partial charge in [0.2, 0.25) is 11.6 Å². The topological polar surface area (TPSA) is 24.9 Å². The molecule has 1 heterocycles. The molecular weight excluding hydrogens is 284 g/mol. The van der Waals surface area contributed by atoms with Gasteiger partial charge in [0.15, 0.2) is 0 Å². The molecule has 0 aliphatic rings. The van der Waals surface area contributed by atoms with Crippen molar-refractivity contribution in [1.82, 2.24) is 4.98 Å². The van der Waals surface area contributed by atoms with Crippen LogP contribution in [0.3, 0.4) is 0 Å². The second kappa shape index (κ2) is 6.56. The van der Waals surface area contributed by atoms with Crippen molar-refractivity contribution in [2.75, 3.05) is 5.32 Å². The van der Waals surface area contributed by atoms with Gasteiger partial charge in [-0.05, 0) is 25.3 Å². The molecule has 1 atom stereocenters. The first kappa shape index (κ1) is 15.3. The molecule has 0 saturated carbocycles. The van der Waals surface area contributed by atoms with Gasteiger partial charge in [0, 0.05) is 6.04 Å². The minimum atomic E-state index is -1.66. The maximum Gasteiger partial charge on any atom is 0.253 e. The van der Waals surface area contributed by atoms with Crippen LogP contribution in [-0.2, 0) is 6.42 Å². The van der Waals surface area contributed by atoms with Crippen LogP contribution in [0.25, 0.3) is 0 Å². The van der Waals surface area contributed by atoms with Gasteiger partial charge in [0.25, 0.3) is 11.9 Å². The summed E-state index contributed by atoms with van der Waals surface area (Å²) in [5.41, 5.74) is 0.250. The Labute approximate surface area is 119 Å². The molecule has 0 radical (unpaired) electrons. The lowest BCUT2D eigenvalue weighted by atomic mass is 10.1. The molecule has 21 heavy (non-hydrogen) atoms. The van der Waals surface area contributed by atoms with Crippen molar-refractivity contribution in [2.45, 2.75) is 25.8 Å². The first-order chi connectivity index (χ1) is 9.99. The van der Waals surface area contributed by atoms with Gasteiger partial charge in [-0.15, -0.1) is 0 Å². The van der Waals surface area contributed by atoms with Crippen LogP contribution in [-0.4, -0.2) is 11.0 Å². The van der Waals surface area contributed by atoms with E-state index in [0.717, 1.165) is 5.56 Å². The van der Waals surface area contributed by atoms with Crippen LogP contribution >= 0.6 is 0 Å². The van der Waals surface area contributed by atoms with Gasteiger partial charge >= 0.3 is 0 Å². The summed E-state index contributed by atoms with van der Waals surface area (Å²) in [4.78, 5) is 2.51. The summed E-state index contributed by atoms with van der Waals surface area (Å²) in [5.74, 6) is -6.35. The average molecular weight is 298 g/mol. The van der Waals surface area contributed by atoms with Crippen LogP contribution in [0.15, 0.2) is 30.3 Å². The molecule has 112 valence electrons. The lowest BCUT2D eigenvalue weighted by Crippen LogP contribution is -2.19. The number of pyridine rings is 1. The van der Waals surface area contributed by atoms with E-state index in [-0.39, 0.29) is 6.04 Å². The highest BCUT2D eigenvalue weighted by atomic mass is 19.2. The van der Waals surface area contributed by atoms with Crippen LogP contribution in [0, 0.1) is 23.5 Å². The number of anilines is 1. The van der Waals surface area contributed by atoms with Gasteiger partial charge in [-0.1, -0.05) is 30.3 Å². The summed E-state index contributed by atoms with van der Waals surface area (Å²) in [5, 5.41) is 2.46. The number of hydrogen-bond acceptors (Lipinski definition) is 2. The second-order valence-electron chi connectivity index (χ2n) is 4.77. The van der Waals surface area contributed by atoms with Crippen molar-refractivity contribution >= 4 is 5.69 Å². The summed E-state index contributed by atoms with van der Waals surface area (Å²) >= 11 is 0. The van der Waals surface area contributed by atoms with Crippen LogP contribution in [0.5, 0.6) is 0 Å². The Balaban J connectivity index is 2.05. The number of nitrogens with one attached hydrogen (secondary N) is 1. The first-order valence-electron chi connectivity index (χ1n) is 6.49. The van der Waals surface area contributed by atoms with Gasteiger partial charge in [0.1, 0.15) is 5.69 Å². The molecule has 1 aromatic heterocycles. The van der Waals surface area contributed by atoms with E-state index >= 15 is 0 Å². The minimum absolute atomic E-state index is 0.365. The summed E-state index contributed by atoms with van der Waals surface area (Å²) in [6.45, 7) is 1.68. The van der Waals surface area contributed by atoms with E-state index in [9.17, 15) is 17.6 Å². The Kier molecular flexibility index (Phi) is 4.77. The molecule has 2 aromatic rings. The zero-order valence-electron chi connectivity index (χ0n) is 11.3. The van der Waals surface area contributed by atoms with Crippen LogP contribution in [0.1, 0.15) is 18.9 Å². The van der Waals surface area contributed by atoms with Gasteiger partial charge in [-0.25, -0.2) is 0 Å². The largest absolute Gasteiger partial charge is 0.378 e. The smallest absolute Gasteiger partial charge is 0.253 e. The third-order valence-electron chi connectivity index (χ3n) is 3.10. The van der Waals surface area contributed by atoms with Crippen molar-refractivity contribution in [1.29, 1.82) is 0 Å². The van der Waals surface area contributed by atoms with E-state index in [2.05, 4.69) is 10.3 Å². The average Bonchev–Trinajstić information content (AvgIpc) is 2.48. The van der Waals surface area contributed by atoms with E-state index in [1.807, 2.05) is 30.3 Å². The summed E-state index contributed by atoms with van der Waals surface area (Å²) < 4.78 is 52.9. The Hall–Kier alpha value is -2.11. The zero-order chi connectivity index (χ0) is 15.4. The number of nitrogens with zero attached hydrogens (tertiary/aromatic N) is 1. The number of halogens is 4. The van der Waals surface area contributed by atoms with Gasteiger partial charge in [0.05, 0.1) is 0 Å². The molecular formula is C15H14F4N2. The predicted molar refractivity (Wildman–Crippen MR) is 71.9 cm³/mol. The Morgan fingerprint density at radius 2 is 1.57 bits per heavy atom. The number of aromatic nitrogens is 1. The van der Waals surface area contributed by atoms with Gasteiger partial charge < -0.3 is 5.32 Å². The van der Waals surface area contributed by atoms with Crippen molar-refractivity contribution in [2.24, 2.45) is 0 Å². The van der Waals surface area contributed by atoms with Crippen molar-refractivity contribution in [3.8, 4) is 0 Å². The second-order valence-corrected chi connectivity index (χ2v) is 4.77. The highest BCUT2D eigenvalue weighted by Gasteiger charge is 2.21. The van der Waals surface area contributed by atoms with E-state index in [1.54, 1.807) is 6.92 Å². The summed E-state index contributed by atoms with van der Waals surface area (Å²) in [6, 6.07) is 9.16. The molecule has 2 nitrogen and oxygen atoms in total. The molecule has 6 heteroatoms. The number of aryl methyl sites for hydroxylation is 1. The van der Waals surface area contributed by atoms with Crippen molar-refractivity contribution in [3.05, 3.63) is 59.4 Å². The quantitative estimate of drug-likeness (QED) is 0.665. The summed E-state index contributed by atoms with van der Waals surface area (Å²) in [7, 11) is 0. The third kappa shape index (κ3) is 3.71. The fraction of sp³-hybridized carbons (Fsp3) is 0.267. The molecule has 0 saturated heterocycles. The molecule has 0 fully saturated rings. The predicted octanol–water partition coefficient (Wildman–Crippen LogP) is 4.07. The standard InChI is InChI=1S/C15H14F4N2/c1-9(7-8-10-5-3-2-4-6-10)20-13-11(16)14(18)21-15(19)12(13)17/h2-6,9H,7-8H2,1H3,(H,20,21). The number of benzene rings is 1. The zero-order valence-corrected chi connectivity index (χ0v) is 11.3. The number of hydrogen-bond donors (Lipinski definition) is 1. The Bertz CT molecular complexity index is 591. The van der Waals surface area contributed by atoms with E-state index in [4.69, 9.17) is 0 Å². The van der Waals surface area contributed by atoms with Gasteiger partial charge in [-0.3, -0.25) is 0 Å². The molecule has 0 spiro atoms. The Morgan fingerprint density at radius 3 is 2.14 bits per heavy atom. The first-order valence-corrected chi connectivity index (χ1v) is 6.49. The molecule has 1 aromatic carbocycles. The van der Waals surface area contributed by atoms with E-state index < -0.39 is 29.2 Å². The highest BCUT2D eigenvalue weighted by molar-refractivity contribution is 5.46. The highest BCUT2D eigenvalue weighted by Crippen LogP contribution is 2.23. The van der Waals surface area contributed by atoms with E-state index in [1.165, 1.54) is 0 Å². The molecule has 0 bridgehead atoms. The molecule has 0 aliphatic heterocycles. The summed E-state index contributed by atoms with van der Waals surface area (Å²) in [6.07, 6.45) is 1.22. The maximum atomic E-state index is 13.5. The van der Waals surface area contributed by atoms with E-state index in [0.29, 0.717) is 12.8 Å². The van der Waals surface area contributed by atoms with Crippen molar-refractivity contribution < 1.29 is 17.6 Å². The van der Waals surface area contributed by atoms with Crippen LogP contribution < -0.4 is 5.32 Å². The maximum absolute atomic E-state index is 13.5. The SMILES string of the molecule is CC(CCc1ccccc1)Nc1c(F)c(F)nc(F)c1F. The molecule has 0 aliphatic carbocycles. The molecule has 1 N–H and O–H groups in total.